The number of para-hydroxylation sites is 2. The van der Waals surface area contributed by atoms with Crippen LogP contribution in [0, 0.1) is 0 Å². The smallest absolute Gasteiger partial charge is 0.407 e. The van der Waals surface area contributed by atoms with E-state index in [1.54, 1.807) is 19.3 Å². The van der Waals surface area contributed by atoms with Crippen LogP contribution in [0.5, 0.6) is 0 Å². The van der Waals surface area contributed by atoms with Gasteiger partial charge >= 0.3 is 6.09 Å². The summed E-state index contributed by atoms with van der Waals surface area (Å²) >= 11 is 0. The highest BCUT2D eigenvalue weighted by molar-refractivity contribution is 6.04. The molecule has 13 heteroatoms. The molecule has 0 saturated carbocycles. The van der Waals surface area contributed by atoms with Crippen molar-refractivity contribution < 1.29 is 14.7 Å². The normalized spacial score (nSPS) is 16.0. The molecule has 2 saturated heterocycles. The molecule has 0 spiro atoms. The minimum absolute atomic E-state index is 0.173. The lowest BCUT2D eigenvalue weighted by molar-refractivity contribution is 0.101. The van der Waals surface area contributed by atoms with Gasteiger partial charge in [-0.1, -0.05) is 12.1 Å². The number of anilines is 4. The summed E-state index contributed by atoms with van der Waals surface area (Å²) in [6, 6.07) is 9.55. The molecule has 37 heavy (non-hydrogen) atoms. The van der Waals surface area contributed by atoms with Crippen LogP contribution >= 0.6 is 0 Å². The highest BCUT2D eigenvalue weighted by atomic mass is 16.4. The summed E-state index contributed by atoms with van der Waals surface area (Å²) in [5.74, 6) is 0.901. The van der Waals surface area contributed by atoms with E-state index in [4.69, 9.17) is 0 Å². The van der Waals surface area contributed by atoms with Gasteiger partial charge in [-0.25, -0.2) is 14.8 Å². The number of amides is 2. The molecule has 194 valence electrons. The van der Waals surface area contributed by atoms with Gasteiger partial charge in [0.2, 0.25) is 5.95 Å². The van der Waals surface area contributed by atoms with Gasteiger partial charge in [-0.05, 0) is 12.1 Å². The monoisotopic (exact) mass is 506 g/mol. The predicted molar refractivity (Wildman–Crippen MR) is 140 cm³/mol. The first-order valence-electron chi connectivity index (χ1n) is 12.2. The van der Waals surface area contributed by atoms with E-state index < -0.39 is 6.09 Å². The summed E-state index contributed by atoms with van der Waals surface area (Å²) in [6.07, 6.45) is 0.724. The first-order chi connectivity index (χ1) is 18.0. The van der Waals surface area contributed by atoms with Gasteiger partial charge in [-0.3, -0.25) is 4.79 Å². The van der Waals surface area contributed by atoms with Crippen molar-refractivity contribution in [2.45, 2.75) is 0 Å². The molecule has 5 rings (SSSR count). The number of imidazole rings is 1. The van der Waals surface area contributed by atoms with Gasteiger partial charge in [0.15, 0.2) is 5.82 Å². The number of nitrogens with one attached hydrogen (secondary N) is 4. The zero-order valence-electron chi connectivity index (χ0n) is 20.6. The van der Waals surface area contributed by atoms with Crippen molar-refractivity contribution >= 4 is 35.1 Å². The number of carbonyl (C=O) groups is 2. The third-order valence-corrected chi connectivity index (χ3v) is 6.48. The molecule has 0 unspecified atom stereocenters. The molecule has 0 aliphatic carbocycles. The lowest BCUT2D eigenvalue weighted by Gasteiger charge is -2.34. The number of benzene rings is 1. The molecule has 1 aromatic carbocycles. The third kappa shape index (κ3) is 5.40. The van der Waals surface area contributed by atoms with E-state index in [0.717, 1.165) is 37.6 Å². The molecule has 13 nitrogen and oxygen atoms in total. The maximum atomic E-state index is 13.1. The molecule has 0 radical (unpaired) electrons. The fraction of sp³-hybridized carbons (Fsp3) is 0.375. The van der Waals surface area contributed by atoms with Crippen LogP contribution in [0.4, 0.5) is 27.9 Å². The number of nitrogens with zero attached hydrogens (tertiary/aromatic N) is 6. The molecule has 2 aliphatic rings. The second kappa shape index (κ2) is 10.7. The number of H-pyrrole nitrogens is 1. The summed E-state index contributed by atoms with van der Waals surface area (Å²) in [5, 5.41) is 18.5. The van der Waals surface area contributed by atoms with Crippen molar-refractivity contribution in [3.8, 4) is 11.4 Å². The van der Waals surface area contributed by atoms with Crippen molar-refractivity contribution in [1.29, 1.82) is 0 Å². The lowest BCUT2D eigenvalue weighted by Crippen LogP contribution is -2.48. The van der Waals surface area contributed by atoms with Crippen molar-refractivity contribution in [2.75, 3.05) is 79.8 Å². The Morgan fingerprint density at radius 1 is 0.946 bits per heavy atom. The van der Waals surface area contributed by atoms with Crippen LogP contribution in [-0.4, -0.2) is 101 Å². The standard InChI is InChI=1S/C24H30N10O3/c1-25-23-30-17(14-20(31-23)33-10-12-34(13-11-33)24(36)37)18-15-27-21(28-18)22(35)29-16-4-2-3-5-19(16)32-8-6-26-7-9-32/h2-5,14-15,26H,6-13H2,1H3,(H,27,28)(H,29,35)(H,36,37)(H,25,30,31). The first-order valence-corrected chi connectivity index (χ1v) is 12.2. The zero-order chi connectivity index (χ0) is 25.8. The summed E-state index contributed by atoms with van der Waals surface area (Å²) in [7, 11) is 1.73. The highest BCUT2D eigenvalue weighted by Crippen LogP contribution is 2.27. The van der Waals surface area contributed by atoms with E-state index >= 15 is 0 Å². The van der Waals surface area contributed by atoms with Crippen molar-refractivity contribution in [3.05, 3.63) is 42.4 Å². The number of carbonyl (C=O) groups excluding carboxylic acids is 1. The van der Waals surface area contributed by atoms with Gasteiger partial charge < -0.3 is 40.7 Å². The van der Waals surface area contributed by atoms with Gasteiger partial charge in [0.1, 0.15) is 11.5 Å². The van der Waals surface area contributed by atoms with Gasteiger partial charge in [-0.2, -0.15) is 4.98 Å². The molecule has 5 N–H and O–H groups in total. The zero-order valence-corrected chi connectivity index (χ0v) is 20.6. The second-order valence-electron chi connectivity index (χ2n) is 8.78. The third-order valence-electron chi connectivity index (χ3n) is 6.48. The Morgan fingerprint density at radius 3 is 2.43 bits per heavy atom. The number of piperazine rings is 2. The van der Waals surface area contributed by atoms with Crippen molar-refractivity contribution in [1.82, 2.24) is 30.2 Å². The van der Waals surface area contributed by atoms with E-state index in [9.17, 15) is 14.7 Å². The lowest BCUT2D eigenvalue weighted by atomic mass is 10.2. The highest BCUT2D eigenvalue weighted by Gasteiger charge is 2.23. The quantitative estimate of drug-likeness (QED) is 0.331. The van der Waals surface area contributed by atoms with Gasteiger partial charge in [0.05, 0.1) is 17.1 Å². The van der Waals surface area contributed by atoms with Crippen LogP contribution in [-0.2, 0) is 0 Å². The number of aromatic nitrogens is 4. The molecule has 4 heterocycles. The Kier molecular flexibility index (Phi) is 7.03. The summed E-state index contributed by atoms with van der Waals surface area (Å²) in [6.45, 7) is 5.36. The van der Waals surface area contributed by atoms with Crippen LogP contribution in [0.1, 0.15) is 10.6 Å². The fourth-order valence-corrected chi connectivity index (χ4v) is 4.48. The van der Waals surface area contributed by atoms with E-state index in [-0.39, 0.29) is 11.7 Å². The van der Waals surface area contributed by atoms with Crippen LogP contribution in [0.15, 0.2) is 36.5 Å². The summed E-state index contributed by atoms with van der Waals surface area (Å²) in [4.78, 5) is 46.5. The molecule has 3 aromatic rings. The number of aromatic amines is 1. The minimum Gasteiger partial charge on any atom is -0.465 e. The number of rotatable bonds is 6. The molecule has 2 aliphatic heterocycles. The molecule has 2 amide bonds. The fourth-order valence-electron chi connectivity index (χ4n) is 4.48. The number of hydrogen-bond donors (Lipinski definition) is 5. The van der Waals surface area contributed by atoms with E-state index in [1.165, 1.54) is 4.90 Å². The van der Waals surface area contributed by atoms with Crippen molar-refractivity contribution in [3.63, 3.8) is 0 Å². The number of carboxylic acid groups (broad SMARTS) is 1. The largest absolute Gasteiger partial charge is 0.465 e. The van der Waals surface area contributed by atoms with Crippen LogP contribution in [0.2, 0.25) is 0 Å². The van der Waals surface area contributed by atoms with E-state index in [1.807, 2.05) is 29.2 Å². The van der Waals surface area contributed by atoms with Gasteiger partial charge in [0.25, 0.3) is 5.91 Å². The van der Waals surface area contributed by atoms with E-state index in [0.29, 0.717) is 49.3 Å². The van der Waals surface area contributed by atoms with Crippen molar-refractivity contribution in [2.24, 2.45) is 0 Å². The Balaban J connectivity index is 1.33. The Hall–Kier alpha value is -4.39. The predicted octanol–water partition coefficient (Wildman–Crippen LogP) is 1.37. The van der Waals surface area contributed by atoms with Crippen LogP contribution in [0.3, 0.4) is 0 Å². The second-order valence-corrected chi connectivity index (χ2v) is 8.78. The maximum Gasteiger partial charge on any atom is 0.407 e. The Morgan fingerprint density at radius 2 is 1.70 bits per heavy atom. The summed E-state index contributed by atoms with van der Waals surface area (Å²) in [5.41, 5.74) is 2.76. The Bertz CT molecular complexity index is 1270. The van der Waals surface area contributed by atoms with Gasteiger partial charge in [0, 0.05) is 71.7 Å². The Labute approximate surface area is 213 Å². The molecular weight excluding hydrogens is 476 g/mol. The summed E-state index contributed by atoms with van der Waals surface area (Å²) < 4.78 is 0. The number of hydrogen-bond acceptors (Lipinski definition) is 9. The molecular formula is C24H30N10O3. The molecule has 0 bridgehead atoms. The maximum absolute atomic E-state index is 13.1. The van der Waals surface area contributed by atoms with Crippen LogP contribution < -0.4 is 25.8 Å². The SMILES string of the molecule is CNc1nc(-c2c[nH]c(C(=O)Nc3ccccc3N3CCNCC3)n2)cc(N2CCN(C(=O)O)CC2)n1. The average Bonchev–Trinajstić information content (AvgIpc) is 3.44. The molecule has 0 atom stereocenters. The first kappa shape index (κ1) is 24.3. The van der Waals surface area contributed by atoms with E-state index in [2.05, 4.69) is 40.8 Å². The minimum atomic E-state index is -0.920. The topological polar surface area (TPSA) is 155 Å². The van der Waals surface area contributed by atoms with Gasteiger partial charge in [-0.15, -0.1) is 0 Å². The molecule has 2 fully saturated rings. The molecule has 2 aromatic heterocycles. The van der Waals surface area contributed by atoms with Crippen LogP contribution in [0.25, 0.3) is 11.4 Å². The average molecular weight is 507 g/mol.